The normalized spacial score (nSPS) is 48.3. The van der Waals surface area contributed by atoms with Crippen molar-refractivity contribution in [2.24, 2.45) is 29.1 Å². The molecule has 0 spiro atoms. The van der Waals surface area contributed by atoms with Crippen LogP contribution >= 0.6 is 0 Å². The first-order chi connectivity index (χ1) is 11.5. The lowest BCUT2D eigenvalue weighted by atomic mass is 9.59. The Morgan fingerprint density at radius 3 is 2.92 bits per heavy atom. The summed E-state index contributed by atoms with van der Waals surface area (Å²) in [5.41, 5.74) is 1.92. The number of ether oxygens (including phenoxy) is 1. The fourth-order valence-corrected chi connectivity index (χ4v) is 6.18. The van der Waals surface area contributed by atoms with Crippen LogP contribution in [0.4, 0.5) is 0 Å². The van der Waals surface area contributed by atoms with Crippen LogP contribution in [0.3, 0.4) is 0 Å². The summed E-state index contributed by atoms with van der Waals surface area (Å²) in [5, 5.41) is 0. The number of esters is 1. The van der Waals surface area contributed by atoms with Gasteiger partial charge < -0.3 is 9.64 Å². The van der Waals surface area contributed by atoms with Gasteiger partial charge in [-0.3, -0.25) is 4.79 Å². The van der Waals surface area contributed by atoms with Gasteiger partial charge in [0, 0.05) is 11.8 Å². The third-order valence-electron chi connectivity index (χ3n) is 7.45. The highest BCUT2D eigenvalue weighted by Crippen LogP contribution is 2.53. The smallest absolute Gasteiger partial charge is 0.315 e. The van der Waals surface area contributed by atoms with E-state index in [1.54, 1.807) is 10.5 Å². The summed E-state index contributed by atoms with van der Waals surface area (Å²) >= 11 is 0. The van der Waals surface area contributed by atoms with Gasteiger partial charge in [0.25, 0.3) is 0 Å². The molecule has 4 rings (SSSR count). The molecule has 2 saturated heterocycles. The van der Waals surface area contributed by atoms with E-state index in [1.165, 1.54) is 45.2 Å². The first-order valence-corrected chi connectivity index (χ1v) is 10.2. The number of carbonyl (C=O) groups excluding carboxylic acids is 1. The van der Waals surface area contributed by atoms with Gasteiger partial charge in [-0.05, 0) is 43.4 Å². The third kappa shape index (κ3) is 2.83. The predicted octanol–water partition coefficient (Wildman–Crippen LogP) is 2.62. The van der Waals surface area contributed by atoms with Crippen molar-refractivity contribution in [3.05, 3.63) is 11.6 Å². The minimum atomic E-state index is 0.0856. The minimum absolute atomic E-state index is 0.0856. The van der Waals surface area contributed by atoms with Crippen molar-refractivity contribution in [3.63, 3.8) is 0 Å². The zero-order valence-electron chi connectivity index (χ0n) is 15.6. The van der Waals surface area contributed by atoms with E-state index < -0.39 is 0 Å². The number of fused-ring (bicyclic) bond motifs is 2. The largest absolute Gasteiger partial charge is 0.461 e. The highest BCUT2D eigenvalue weighted by atomic mass is 16.6. The van der Waals surface area contributed by atoms with E-state index in [2.05, 4.69) is 26.8 Å². The van der Waals surface area contributed by atoms with Gasteiger partial charge in [-0.15, -0.1) is 0 Å². The Morgan fingerprint density at radius 2 is 2.12 bits per heavy atom. The molecule has 2 heterocycles. The molecule has 3 fully saturated rings. The average Bonchev–Trinajstić information content (AvgIpc) is 2.80. The van der Waals surface area contributed by atoms with Gasteiger partial charge in [0.2, 0.25) is 0 Å². The Balaban J connectivity index is 1.55. The van der Waals surface area contributed by atoms with Gasteiger partial charge in [0.1, 0.15) is 12.0 Å². The quantitative estimate of drug-likeness (QED) is 0.622. The lowest BCUT2D eigenvalue weighted by Gasteiger charge is -2.46. The zero-order valence-corrected chi connectivity index (χ0v) is 15.6. The molecule has 0 aromatic rings. The van der Waals surface area contributed by atoms with Crippen LogP contribution in [0, 0.1) is 29.1 Å². The molecule has 3 nitrogen and oxygen atoms in total. The van der Waals surface area contributed by atoms with Gasteiger partial charge >= 0.3 is 5.97 Å². The molecule has 1 N–H and O–H groups in total. The van der Waals surface area contributed by atoms with Gasteiger partial charge in [-0.1, -0.05) is 38.8 Å². The number of quaternary nitrogens is 1. The maximum absolute atomic E-state index is 12.6. The number of rotatable bonds is 2. The van der Waals surface area contributed by atoms with Crippen molar-refractivity contribution in [1.82, 2.24) is 0 Å². The summed E-state index contributed by atoms with van der Waals surface area (Å²) in [6.45, 7) is 10.6. The Hall–Kier alpha value is -0.830. The third-order valence-corrected chi connectivity index (χ3v) is 7.45. The van der Waals surface area contributed by atoms with Gasteiger partial charge in [0.15, 0.2) is 0 Å². The lowest BCUT2D eigenvalue weighted by Crippen LogP contribution is -3.14. The van der Waals surface area contributed by atoms with E-state index in [1.807, 2.05) is 0 Å². The van der Waals surface area contributed by atoms with E-state index in [-0.39, 0.29) is 23.4 Å². The second-order valence-corrected chi connectivity index (χ2v) is 9.49. The van der Waals surface area contributed by atoms with Crippen LogP contribution in [-0.4, -0.2) is 31.7 Å². The summed E-state index contributed by atoms with van der Waals surface area (Å²) < 4.78 is 5.90. The Labute approximate surface area is 146 Å². The Bertz CT molecular complexity index is 542. The molecule has 1 unspecified atom stereocenters. The molecule has 0 radical (unpaired) electrons. The highest BCUT2D eigenvalue weighted by molar-refractivity contribution is 5.76. The molecule has 24 heavy (non-hydrogen) atoms. The molecular formula is C21H34NO2+. The molecule has 4 aliphatic rings. The van der Waals surface area contributed by atoms with Crippen molar-refractivity contribution >= 4 is 5.97 Å². The van der Waals surface area contributed by atoms with E-state index in [0.717, 1.165) is 18.9 Å². The van der Waals surface area contributed by atoms with E-state index in [0.29, 0.717) is 11.8 Å². The monoisotopic (exact) mass is 332 g/mol. The van der Waals surface area contributed by atoms with Gasteiger partial charge in [-0.2, -0.15) is 0 Å². The van der Waals surface area contributed by atoms with Crippen LogP contribution in [-0.2, 0) is 9.53 Å². The molecule has 2 aliphatic carbocycles. The molecule has 2 aliphatic heterocycles. The molecule has 1 saturated carbocycles. The fourth-order valence-electron chi connectivity index (χ4n) is 6.18. The zero-order chi connectivity index (χ0) is 16.9. The SMILES string of the molecule is C[C@H]1CCC[NH+](C[C@@H]2C(=O)O[C@H]3C[C@]4(C)CCC[C@@H](C)C4=C[C@@H]32)C1. The first-order valence-electron chi connectivity index (χ1n) is 10.2. The Kier molecular flexibility index (Phi) is 4.27. The van der Waals surface area contributed by atoms with Crippen molar-refractivity contribution in [2.75, 3.05) is 19.6 Å². The van der Waals surface area contributed by atoms with Crippen molar-refractivity contribution in [2.45, 2.75) is 65.4 Å². The van der Waals surface area contributed by atoms with Crippen LogP contribution < -0.4 is 4.90 Å². The molecule has 7 atom stereocenters. The summed E-state index contributed by atoms with van der Waals surface area (Å²) in [7, 11) is 0. The molecule has 0 amide bonds. The Morgan fingerprint density at radius 1 is 1.29 bits per heavy atom. The maximum Gasteiger partial charge on any atom is 0.315 e. The number of hydrogen-bond acceptors (Lipinski definition) is 2. The van der Waals surface area contributed by atoms with Crippen LogP contribution in [0.25, 0.3) is 0 Å². The minimum Gasteiger partial charge on any atom is -0.461 e. The fraction of sp³-hybridized carbons (Fsp3) is 0.857. The molecular weight excluding hydrogens is 298 g/mol. The number of allylic oxidation sites excluding steroid dienone is 1. The second-order valence-electron chi connectivity index (χ2n) is 9.49. The topological polar surface area (TPSA) is 30.7 Å². The maximum atomic E-state index is 12.6. The van der Waals surface area contributed by atoms with E-state index in [4.69, 9.17) is 4.74 Å². The number of piperidine rings is 1. The molecule has 0 aromatic heterocycles. The van der Waals surface area contributed by atoms with Crippen LogP contribution in [0.15, 0.2) is 11.6 Å². The lowest BCUT2D eigenvalue weighted by molar-refractivity contribution is -0.911. The number of nitrogens with one attached hydrogen (secondary N) is 1. The van der Waals surface area contributed by atoms with Gasteiger partial charge in [0.05, 0.1) is 19.6 Å². The van der Waals surface area contributed by atoms with Crippen LogP contribution in [0.5, 0.6) is 0 Å². The predicted molar refractivity (Wildman–Crippen MR) is 94.6 cm³/mol. The average molecular weight is 333 g/mol. The summed E-state index contributed by atoms with van der Waals surface area (Å²) in [6, 6.07) is 0. The second kappa shape index (κ2) is 6.16. The molecule has 134 valence electrons. The van der Waals surface area contributed by atoms with Crippen molar-refractivity contribution < 1.29 is 14.4 Å². The van der Waals surface area contributed by atoms with Gasteiger partial charge in [-0.25, -0.2) is 0 Å². The summed E-state index contributed by atoms with van der Waals surface area (Å²) in [4.78, 5) is 14.2. The van der Waals surface area contributed by atoms with E-state index in [9.17, 15) is 4.79 Å². The highest BCUT2D eigenvalue weighted by Gasteiger charge is 2.52. The van der Waals surface area contributed by atoms with Crippen LogP contribution in [0.1, 0.15) is 59.3 Å². The van der Waals surface area contributed by atoms with Crippen molar-refractivity contribution in [1.29, 1.82) is 0 Å². The molecule has 0 aromatic carbocycles. The summed E-state index contributed by atoms with van der Waals surface area (Å²) in [6.07, 6.45) is 10.3. The number of likely N-dealkylation sites (tertiary alicyclic amines) is 1. The number of carbonyl (C=O) groups is 1. The molecule has 3 heteroatoms. The van der Waals surface area contributed by atoms with E-state index >= 15 is 0 Å². The van der Waals surface area contributed by atoms with Crippen molar-refractivity contribution in [3.8, 4) is 0 Å². The number of hydrogen-bond donors (Lipinski definition) is 1. The molecule has 0 bridgehead atoms. The summed E-state index contributed by atoms with van der Waals surface area (Å²) in [5.74, 6) is 2.01. The van der Waals surface area contributed by atoms with Crippen LogP contribution in [0.2, 0.25) is 0 Å². The standard InChI is InChI=1S/C21H33NO2/c1-14-6-5-9-22(12-14)13-17-16-10-18-15(2)7-4-8-21(18,3)11-19(16)24-20(17)23/h10,14-17,19H,4-9,11-13H2,1-3H3/p+1/t14-,15+,16+,17-,19-,21-/m0/s1. The first kappa shape index (κ1) is 16.6.